The molecule has 1 heterocycles. The zero-order chi connectivity index (χ0) is 20.6. The molecule has 0 bridgehead atoms. The molecule has 0 radical (unpaired) electrons. The minimum atomic E-state index is -1.80. The van der Waals surface area contributed by atoms with Gasteiger partial charge < -0.3 is 4.74 Å². The molecule has 0 aliphatic carbocycles. The Morgan fingerprint density at radius 3 is 1.71 bits per heavy atom. The molecule has 1 nitrogen and oxygen atoms in total. The van der Waals surface area contributed by atoms with Crippen LogP contribution in [-0.4, -0.2) is 8.07 Å². The predicted octanol–water partition coefficient (Wildman–Crippen LogP) is 7.38. The lowest BCUT2D eigenvalue weighted by atomic mass is 9.94. The van der Waals surface area contributed by atoms with Gasteiger partial charge in [-0.2, -0.15) is 0 Å². The molecule has 1 aliphatic rings. The average Bonchev–Trinajstić information content (AvgIpc) is 2.97. The van der Waals surface area contributed by atoms with Crippen LogP contribution in [0.2, 0.25) is 11.1 Å². The van der Waals surface area contributed by atoms with E-state index < -0.39 is 8.07 Å². The maximum Gasteiger partial charge on any atom is 0.134 e. The first-order valence-electron chi connectivity index (χ1n) is 10.8. The first-order chi connectivity index (χ1) is 13.2. The summed E-state index contributed by atoms with van der Waals surface area (Å²) in [5, 5.41) is 1.54. The van der Waals surface area contributed by atoms with Crippen molar-refractivity contribution < 1.29 is 4.74 Å². The van der Waals surface area contributed by atoms with E-state index in [2.05, 4.69) is 104 Å². The van der Waals surface area contributed by atoms with E-state index >= 15 is 0 Å². The standard InChI is InChI=1S/C26H36OSi/c1-17(2)21-13-11-14-22(18(3)4)26(21)27-24-16-28(19(5)6,20(7)8)25-15-10-9-12-23(24)25/h9-20H,1-8H3. The summed E-state index contributed by atoms with van der Waals surface area (Å²) in [5.74, 6) is 3.02. The molecule has 0 amide bonds. The van der Waals surface area contributed by atoms with Gasteiger partial charge in [0.2, 0.25) is 0 Å². The Bertz CT molecular complexity index is 840. The van der Waals surface area contributed by atoms with E-state index in [1.165, 1.54) is 16.7 Å². The molecule has 0 fully saturated rings. The molecule has 2 heteroatoms. The fourth-order valence-electron chi connectivity index (χ4n) is 4.87. The van der Waals surface area contributed by atoms with Gasteiger partial charge in [0, 0.05) is 5.56 Å². The van der Waals surface area contributed by atoms with Crippen LogP contribution in [0.25, 0.3) is 5.76 Å². The molecule has 0 atom stereocenters. The van der Waals surface area contributed by atoms with E-state index in [-0.39, 0.29) is 0 Å². The summed E-state index contributed by atoms with van der Waals surface area (Å²) in [6, 6.07) is 15.6. The number of rotatable bonds is 6. The van der Waals surface area contributed by atoms with Crippen LogP contribution in [0.5, 0.6) is 5.75 Å². The zero-order valence-electron chi connectivity index (χ0n) is 18.8. The second-order valence-electron chi connectivity index (χ2n) is 9.47. The van der Waals surface area contributed by atoms with Crippen molar-refractivity contribution in [2.75, 3.05) is 0 Å². The Morgan fingerprint density at radius 2 is 1.21 bits per heavy atom. The fraction of sp³-hybridized carbons (Fsp3) is 0.462. The van der Waals surface area contributed by atoms with Crippen LogP contribution in [-0.2, 0) is 0 Å². The Labute approximate surface area is 172 Å². The van der Waals surface area contributed by atoms with E-state index in [1.54, 1.807) is 5.19 Å². The molecule has 2 aromatic carbocycles. The maximum atomic E-state index is 6.84. The first kappa shape index (κ1) is 20.9. The second kappa shape index (κ2) is 7.91. The second-order valence-corrected chi connectivity index (χ2v) is 14.5. The Morgan fingerprint density at radius 1 is 0.679 bits per heavy atom. The summed E-state index contributed by atoms with van der Waals surface area (Å²) in [4.78, 5) is 0. The van der Waals surface area contributed by atoms with Crippen molar-refractivity contribution >= 4 is 19.0 Å². The van der Waals surface area contributed by atoms with Crippen molar-refractivity contribution in [3.05, 3.63) is 64.9 Å². The van der Waals surface area contributed by atoms with Gasteiger partial charge in [-0.1, -0.05) is 97.9 Å². The lowest BCUT2D eigenvalue weighted by Crippen LogP contribution is -2.50. The smallest absolute Gasteiger partial charge is 0.134 e. The molecule has 0 unspecified atom stereocenters. The van der Waals surface area contributed by atoms with Crippen LogP contribution >= 0.6 is 0 Å². The Hall–Kier alpha value is -1.80. The highest BCUT2D eigenvalue weighted by Gasteiger charge is 2.46. The van der Waals surface area contributed by atoms with Gasteiger partial charge in [0.25, 0.3) is 0 Å². The highest BCUT2D eigenvalue weighted by molar-refractivity contribution is 7.00. The molecule has 0 saturated heterocycles. The largest absolute Gasteiger partial charge is 0.457 e. The maximum absolute atomic E-state index is 6.84. The van der Waals surface area contributed by atoms with Crippen molar-refractivity contribution in [2.45, 2.75) is 78.3 Å². The molecule has 0 aromatic heterocycles. The van der Waals surface area contributed by atoms with Gasteiger partial charge >= 0.3 is 0 Å². The van der Waals surface area contributed by atoms with Crippen LogP contribution in [0.3, 0.4) is 0 Å². The summed E-state index contributed by atoms with van der Waals surface area (Å²) in [7, 11) is -1.80. The van der Waals surface area contributed by atoms with E-state index in [9.17, 15) is 0 Å². The normalized spacial score (nSPS) is 15.5. The van der Waals surface area contributed by atoms with E-state index in [0.717, 1.165) is 11.5 Å². The highest BCUT2D eigenvalue weighted by atomic mass is 28.3. The van der Waals surface area contributed by atoms with Crippen molar-refractivity contribution in [2.24, 2.45) is 0 Å². The Kier molecular flexibility index (Phi) is 5.91. The summed E-state index contributed by atoms with van der Waals surface area (Å²) in [6.45, 7) is 18.6. The van der Waals surface area contributed by atoms with Gasteiger partial charge in [0.15, 0.2) is 0 Å². The third kappa shape index (κ3) is 3.37. The molecule has 1 aliphatic heterocycles. The molecule has 2 aromatic rings. The third-order valence-electron chi connectivity index (χ3n) is 6.47. The Balaban J connectivity index is 2.19. The predicted molar refractivity (Wildman–Crippen MR) is 125 cm³/mol. The number of benzene rings is 2. The highest BCUT2D eigenvalue weighted by Crippen LogP contribution is 2.43. The molecule has 28 heavy (non-hydrogen) atoms. The van der Waals surface area contributed by atoms with Gasteiger partial charge in [-0.05, 0) is 44.9 Å². The molecular formula is C26H36OSi. The number of hydrogen-bond acceptors (Lipinski definition) is 1. The average molecular weight is 393 g/mol. The van der Waals surface area contributed by atoms with Crippen molar-refractivity contribution in [3.8, 4) is 5.75 Å². The number of hydrogen-bond donors (Lipinski definition) is 0. The summed E-state index contributed by atoms with van der Waals surface area (Å²) in [6.07, 6.45) is 0. The summed E-state index contributed by atoms with van der Waals surface area (Å²) < 4.78 is 6.84. The number of para-hydroxylation sites is 1. The lowest BCUT2D eigenvalue weighted by molar-refractivity contribution is 0.494. The monoisotopic (exact) mass is 392 g/mol. The molecule has 0 saturated carbocycles. The fourth-order valence-corrected chi connectivity index (χ4v) is 9.97. The molecular weight excluding hydrogens is 356 g/mol. The summed E-state index contributed by atoms with van der Waals surface area (Å²) in [5.41, 5.74) is 7.74. The topological polar surface area (TPSA) is 9.23 Å². The minimum absolute atomic E-state index is 0.433. The number of fused-ring (bicyclic) bond motifs is 1. The van der Waals surface area contributed by atoms with Gasteiger partial charge in [0.1, 0.15) is 19.6 Å². The summed E-state index contributed by atoms with van der Waals surface area (Å²) >= 11 is 0. The van der Waals surface area contributed by atoms with Crippen LogP contribution in [0, 0.1) is 0 Å². The molecule has 0 spiro atoms. The van der Waals surface area contributed by atoms with Crippen molar-refractivity contribution in [3.63, 3.8) is 0 Å². The van der Waals surface area contributed by atoms with Crippen LogP contribution in [0.15, 0.2) is 48.2 Å². The minimum Gasteiger partial charge on any atom is -0.457 e. The third-order valence-corrected chi connectivity index (χ3v) is 12.4. The van der Waals surface area contributed by atoms with Crippen LogP contribution in [0.4, 0.5) is 0 Å². The zero-order valence-corrected chi connectivity index (χ0v) is 19.8. The van der Waals surface area contributed by atoms with Gasteiger partial charge in [-0.25, -0.2) is 0 Å². The van der Waals surface area contributed by atoms with Crippen LogP contribution in [0.1, 0.15) is 83.9 Å². The van der Waals surface area contributed by atoms with Crippen LogP contribution < -0.4 is 9.92 Å². The van der Waals surface area contributed by atoms with Crippen molar-refractivity contribution in [1.82, 2.24) is 0 Å². The van der Waals surface area contributed by atoms with E-state index in [4.69, 9.17) is 4.74 Å². The van der Waals surface area contributed by atoms with Gasteiger partial charge in [0.05, 0.1) is 0 Å². The van der Waals surface area contributed by atoms with E-state index in [0.29, 0.717) is 22.9 Å². The first-order valence-corrected chi connectivity index (χ1v) is 13.1. The lowest BCUT2D eigenvalue weighted by Gasteiger charge is -2.34. The van der Waals surface area contributed by atoms with Gasteiger partial charge in [-0.15, -0.1) is 0 Å². The SMILES string of the molecule is CC(C)c1cccc(C(C)C)c1OC1=C[Si](C(C)C)(C(C)C)c2ccccc21. The molecule has 0 N–H and O–H groups in total. The quantitative estimate of drug-likeness (QED) is 0.466. The number of ether oxygens (including phenoxy) is 1. The molecule has 3 rings (SSSR count). The van der Waals surface area contributed by atoms with Gasteiger partial charge in [-0.3, -0.25) is 0 Å². The molecule has 150 valence electrons. The van der Waals surface area contributed by atoms with E-state index in [1.807, 2.05) is 0 Å². The van der Waals surface area contributed by atoms with Crippen molar-refractivity contribution in [1.29, 1.82) is 0 Å².